The summed E-state index contributed by atoms with van der Waals surface area (Å²) in [4.78, 5) is 11.8. The Hall–Kier alpha value is -1.92. The number of alkyl carbamates (subject to hydrolysis) is 1. The van der Waals surface area contributed by atoms with E-state index in [0.717, 1.165) is 5.56 Å². The Balaban J connectivity index is 1.94. The third-order valence-electron chi connectivity index (χ3n) is 3.03. The molecule has 2 aromatic carbocycles. The second-order valence-corrected chi connectivity index (χ2v) is 5.47. The molecule has 0 aliphatic rings. The Bertz CT molecular complexity index is 637. The zero-order valence-electron chi connectivity index (χ0n) is 11.6. The van der Waals surface area contributed by atoms with E-state index in [2.05, 4.69) is 21.2 Å². The predicted molar refractivity (Wildman–Crippen MR) is 83.7 cm³/mol. The lowest BCUT2D eigenvalue weighted by Crippen LogP contribution is -2.31. The highest BCUT2D eigenvalue weighted by atomic mass is 79.9. The van der Waals surface area contributed by atoms with E-state index >= 15 is 0 Å². The first-order chi connectivity index (χ1) is 10.6. The lowest BCUT2D eigenvalue weighted by molar-refractivity contribution is 0.129. The predicted octanol–water partition coefficient (Wildman–Crippen LogP) is 3.55. The van der Waals surface area contributed by atoms with Crippen LogP contribution in [0.25, 0.3) is 0 Å². The summed E-state index contributed by atoms with van der Waals surface area (Å²) in [5, 5.41) is 11.9. The quantitative estimate of drug-likeness (QED) is 0.849. The number of aliphatic hydroxyl groups is 1. The molecule has 0 aliphatic heterocycles. The highest BCUT2D eigenvalue weighted by Crippen LogP contribution is 2.21. The summed E-state index contributed by atoms with van der Waals surface area (Å²) in [6, 6.07) is 12.9. The van der Waals surface area contributed by atoms with E-state index in [-0.39, 0.29) is 17.7 Å². The van der Waals surface area contributed by atoms with Gasteiger partial charge in [-0.3, -0.25) is 0 Å². The molecule has 2 aromatic rings. The van der Waals surface area contributed by atoms with Gasteiger partial charge in [-0.25, -0.2) is 9.18 Å². The number of nitrogens with one attached hydrogen (secondary N) is 1. The molecule has 2 N–H and O–H groups in total. The highest BCUT2D eigenvalue weighted by molar-refractivity contribution is 9.10. The van der Waals surface area contributed by atoms with Crippen molar-refractivity contribution in [3.63, 3.8) is 0 Å². The number of hydrogen-bond acceptors (Lipinski definition) is 3. The fourth-order valence-corrected chi connectivity index (χ4v) is 2.27. The fraction of sp³-hybridized carbons (Fsp3) is 0.188. The highest BCUT2D eigenvalue weighted by Gasteiger charge is 2.16. The van der Waals surface area contributed by atoms with Crippen LogP contribution in [0.4, 0.5) is 9.18 Å². The summed E-state index contributed by atoms with van der Waals surface area (Å²) in [7, 11) is 0. The normalized spacial score (nSPS) is 11.8. The molecule has 0 saturated heterocycles. The fourth-order valence-electron chi connectivity index (χ4n) is 1.87. The second kappa shape index (κ2) is 7.91. The minimum atomic E-state index is -0.667. The average Bonchev–Trinajstić information content (AvgIpc) is 2.54. The number of carbonyl (C=O) groups excluding carboxylic acids is 1. The van der Waals surface area contributed by atoms with Crippen LogP contribution in [0.5, 0.6) is 0 Å². The molecule has 1 atom stereocenters. The van der Waals surface area contributed by atoms with Crippen molar-refractivity contribution >= 4 is 22.0 Å². The van der Waals surface area contributed by atoms with Gasteiger partial charge in [0.1, 0.15) is 12.4 Å². The van der Waals surface area contributed by atoms with E-state index in [4.69, 9.17) is 4.74 Å². The zero-order valence-corrected chi connectivity index (χ0v) is 13.2. The van der Waals surface area contributed by atoms with Gasteiger partial charge in [0.25, 0.3) is 0 Å². The smallest absolute Gasteiger partial charge is 0.408 e. The molecule has 0 aliphatic carbocycles. The molecule has 22 heavy (non-hydrogen) atoms. The standard InChI is InChI=1S/C16H15BrFNO3/c17-13-8-12(6-7-14(13)18)15(9-20)19-16(21)22-10-11-4-2-1-3-5-11/h1-8,15,20H,9-10H2,(H,19,21)/t15-/m1/s1. The van der Waals surface area contributed by atoms with Crippen LogP contribution in [0.3, 0.4) is 0 Å². The van der Waals surface area contributed by atoms with Crippen molar-refractivity contribution in [2.24, 2.45) is 0 Å². The van der Waals surface area contributed by atoms with Crippen LogP contribution >= 0.6 is 15.9 Å². The molecule has 0 bridgehead atoms. The third-order valence-corrected chi connectivity index (χ3v) is 3.64. The molecule has 6 heteroatoms. The maximum atomic E-state index is 13.2. The van der Waals surface area contributed by atoms with Gasteiger partial charge < -0.3 is 15.2 Å². The van der Waals surface area contributed by atoms with Crippen LogP contribution in [0, 0.1) is 5.82 Å². The van der Waals surface area contributed by atoms with Crippen molar-refractivity contribution in [2.75, 3.05) is 6.61 Å². The lowest BCUT2D eigenvalue weighted by Gasteiger charge is -2.17. The molecular formula is C16H15BrFNO3. The van der Waals surface area contributed by atoms with Gasteiger partial charge in [-0.15, -0.1) is 0 Å². The van der Waals surface area contributed by atoms with Gasteiger partial charge >= 0.3 is 6.09 Å². The first-order valence-corrected chi connectivity index (χ1v) is 7.42. The van der Waals surface area contributed by atoms with Crippen LogP contribution < -0.4 is 5.32 Å². The maximum absolute atomic E-state index is 13.2. The number of halogens is 2. The van der Waals surface area contributed by atoms with E-state index < -0.39 is 18.0 Å². The van der Waals surface area contributed by atoms with Crippen LogP contribution in [0.15, 0.2) is 53.0 Å². The number of amides is 1. The molecule has 0 unspecified atom stereocenters. The van der Waals surface area contributed by atoms with Crippen molar-refractivity contribution in [1.82, 2.24) is 5.32 Å². The number of benzene rings is 2. The number of aliphatic hydroxyl groups excluding tert-OH is 1. The third kappa shape index (κ3) is 4.54. The van der Waals surface area contributed by atoms with E-state index in [1.54, 1.807) is 0 Å². The minimum Gasteiger partial charge on any atom is -0.445 e. The Morgan fingerprint density at radius 2 is 2.00 bits per heavy atom. The van der Waals surface area contributed by atoms with Gasteiger partial charge in [-0.1, -0.05) is 36.4 Å². The van der Waals surface area contributed by atoms with Gasteiger partial charge in [-0.05, 0) is 39.2 Å². The molecule has 0 heterocycles. The van der Waals surface area contributed by atoms with E-state index in [1.807, 2.05) is 30.3 Å². The Labute approximate surface area is 136 Å². The molecule has 116 valence electrons. The maximum Gasteiger partial charge on any atom is 0.408 e. The monoisotopic (exact) mass is 367 g/mol. The summed E-state index contributed by atoms with van der Waals surface area (Å²) in [5.74, 6) is -0.410. The van der Waals surface area contributed by atoms with Crippen molar-refractivity contribution in [2.45, 2.75) is 12.6 Å². The summed E-state index contributed by atoms with van der Waals surface area (Å²) in [5.41, 5.74) is 1.44. The van der Waals surface area contributed by atoms with Crippen molar-refractivity contribution in [3.05, 3.63) is 69.9 Å². The lowest BCUT2D eigenvalue weighted by atomic mass is 10.1. The Morgan fingerprint density at radius 1 is 1.27 bits per heavy atom. The minimum absolute atomic E-state index is 0.137. The van der Waals surface area contributed by atoms with Gasteiger partial charge in [0, 0.05) is 0 Å². The molecule has 0 spiro atoms. The summed E-state index contributed by atoms with van der Waals surface area (Å²) < 4.78 is 18.6. The van der Waals surface area contributed by atoms with Crippen molar-refractivity contribution in [1.29, 1.82) is 0 Å². The number of carbonyl (C=O) groups is 1. The first-order valence-electron chi connectivity index (χ1n) is 6.63. The summed E-state index contributed by atoms with van der Waals surface area (Å²) in [6.07, 6.45) is -0.650. The average molecular weight is 368 g/mol. The number of hydrogen-bond donors (Lipinski definition) is 2. The topological polar surface area (TPSA) is 58.6 Å². The molecule has 1 amide bonds. The van der Waals surface area contributed by atoms with Crippen LogP contribution in [-0.4, -0.2) is 17.8 Å². The van der Waals surface area contributed by atoms with Gasteiger partial charge in [-0.2, -0.15) is 0 Å². The number of rotatable bonds is 5. The van der Waals surface area contributed by atoms with Crippen LogP contribution in [-0.2, 0) is 11.3 Å². The second-order valence-electron chi connectivity index (χ2n) is 4.61. The van der Waals surface area contributed by atoms with E-state index in [1.165, 1.54) is 18.2 Å². The van der Waals surface area contributed by atoms with Gasteiger partial charge in [0.05, 0.1) is 17.1 Å². The molecule has 2 rings (SSSR count). The molecular weight excluding hydrogens is 353 g/mol. The van der Waals surface area contributed by atoms with E-state index in [9.17, 15) is 14.3 Å². The largest absolute Gasteiger partial charge is 0.445 e. The zero-order chi connectivity index (χ0) is 15.9. The number of ether oxygens (including phenoxy) is 1. The van der Waals surface area contributed by atoms with Crippen LogP contribution in [0.1, 0.15) is 17.2 Å². The molecule has 4 nitrogen and oxygen atoms in total. The molecule has 0 fully saturated rings. The summed E-state index contributed by atoms with van der Waals surface area (Å²) in [6.45, 7) is -0.184. The Kier molecular flexibility index (Phi) is 5.91. The van der Waals surface area contributed by atoms with Crippen molar-refractivity contribution < 1.29 is 19.0 Å². The molecule has 0 radical (unpaired) electrons. The molecule has 0 aromatic heterocycles. The summed E-state index contributed by atoms with van der Waals surface area (Å²) >= 11 is 3.07. The van der Waals surface area contributed by atoms with Gasteiger partial charge in [0.2, 0.25) is 0 Å². The van der Waals surface area contributed by atoms with Crippen molar-refractivity contribution in [3.8, 4) is 0 Å². The van der Waals surface area contributed by atoms with Gasteiger partial charge in [0.15, 0.2) is 0 Å². The Morgan fingerprint density at radius 3 is 2.64 bits per heavy atom. The SMILES string of the molecule is O=C(N[C@H](CO)c1ccc(F)c(Br)c1)OCc1ccccc1. The first kappa shape index (κ1) is 16.5. The molecule has 0 saturated carbocycles. The van der Waals surface area contributed by atoms with Crippen LogP contribution in [0.2, 0.25) is 0 Å². The van der Waals surface area contributed by atoms with E-state index in [0.29, 0.717) is 5.56 Å².